The first-order valence-electron chi connectivity index (χ1n) is 7.50. The number of nitrogens with zero attached hydrogens (tertiary/aromatic N) is 1. The number of aromatic nitrogens is 1. The molecule has 0 saturated heterocycles. The first-order valence-corrected chi connectivity index (χ1v) is 7.50. The second kappa shape index (κ2) is 6.43. The summed E-state index contributed by atoms with van der Waals surface area (Å²) in [6, 6.07) is 13.2. The maximum Gasteiger partial charge on any atom is 0.255 e. The van der Waals surface area contributed by atoms with Crippen molar-refractivity contribution in [1.29, 1.82) is 0 Å². The largest absolute Gasteiger partial charge is 0.443 e. The molecule has 4 nitrogen and oxygen atoms in total. The van der Waals surface area contributed by atoms with E-state index in [2.05, 4.69) is 29.4 Å². The predicted octanol–water partition coefficient (Wildman–Crippen LogP) is 4.42. The molecule has 3 rings (SSSR count). The Hall–Kier alpha value is -2.62. The highest BCUT2D eigenvalue weighted by atomic mass is 16.3. The van der Waals surface area contributed by atoms with Crippen LogP contribution in [-0.2, 0) is 6.42 Å². The summed E-state index contributed by atoms with van der Waals surface area (Å²) in [6.45, 7) is 2.18. The molecule has 0 aliphatic carbocycles. The summed E-state index contributed by atoms with van der Waals surface area (Å²) in [5.74, 6) is -0.153. The highest BCUT2D eigenvalue weighted by molar-refractivity contribution is 6.05. The summed E-state index contributed by atoms with van der Waals surface area (Å²) in [6.07, 6.45) is 4.82. The van der Waals surface area contributed by atoms with Gasteiger partial charge >= 0.3 is 0 Å². The molecule has 0 fully saturated rings. The number of unbranched alkanes of at least 4 members (excludes halogenated alkanes) is 1. The average molecular weight is 294 g/mol. The lowest BCUT2D eigenvalue weighted by atomic mass is 10.1. The molecule has 112 valence electrons. The Morgan fingerprint density at radius 3 is 2.77 bits per heavy atom. The maximum absolute atomic E-state index is 12.3. The van der Waals surface area contributed by atoms with E-state index in [1.54, 1.807) is 18.2 Å². The van der Waals surface area contributed by atoms with Gasteiger partial charge in [-0.05, 0) is 48.7 Å². The highest BCUT2D eigenvalue weighted by Crippen LogP contribution is 2.17. The van der Waals surface area contributed by atoms with Crippen LogP contribution in [0.4, 0.5) is 5.69 Å². The Morgan fingerprint density at radius 2 is 2.00 bits per heavy atom. The summed E-state index contributed by atoms with van der Waals surface area (Å²) in [7, 11) is 0. The molecule has 0 aliphatic heterocycles. The van der Waals surface area contributed by atoms with Crippen molar-refractivity contribution >= 4 is 22.7 Å². The van der Waals surface area contributed by atoms with Gasteiger partial charge in [-0.2, -0.15) is 0 Å². The third-order valence-electron chi connectivity index (χ3n) is 3.62. The number of aryl methyl sites for hydroxylation is 1. The van der Waals surface area contributed by atoms with Crippen LogP contribution in [0.2, 0.25) is 0 Å². The van der Waals surface area contributed by atoms with E-state index in [-0.39, 0.29) is 5.91 Å². The van der Waals surface area contributed by atoms with Crippen molar-refractivity contribution in [3.8, 4) is 0 Å². The summed E-state index contributed by atoms with van der Waals surface area (Å²) in [4.78, 5) is 16.3. The molecule has 4 heteroatoms. The molecule has 0 atom stereocenters. The summed E-state index contributed by atoms with van der Waals surface area (Å²) < 4.78 is 5.22. The molecule has 1 amide bonds. The van der Waals surface area contributed by atoms with Crippen molar-refractivity contribution in [2.45, 2.75) is 26.2 Å². The number of fused-ring (bicyclic) bond motifs is 1. The fourth-order valence-electron chi connectivity index (χ4n) is 2.34. The van der Waals surface area contributed by atoms with Gasteiger partial charge in [-0.1, -0.05) is 25.5 Å². The van der Waals surface area contributed by atoms with E-state index in [1.807, 2.05) is 12.1 Å². The van der Waals surface area contributed by atoms with E-state index >= 15 is 0 Å². The monoisotopic (exact) mass is 294 g/mol. The number of nitrogens with one attached hydrogen (secondary N) is 1. The Balaban J connectivity index is 1.70. The van der Waals surface area contributed by atoms with Crippen LogP contribution in [0, 0.1) is 0 Å². The van der Waals surface area contributed by atoms with Crippen molar-refractivity contribution < 1.29 is 9.21 Å². The lowest BCUT2D eigenvalue weighted by Crippen LogP contribution is -2.11. The van der Waals surface area contributed by atoms with E-state index in [4.69, 9.17) is 4.42 Å². The molecule has 1 heterocycles. The van der Waals surface area contributed by atoms with Crippen molar-refractivity contribution in [2.24, 2.45) is 0 Å². The Labute approximate surface area is 129 Å². The van der Waals surface area contributed by atoms with Crippen molar-refractivity contribution in [3.63, 3.8) is 0 Å². The van der Waals surface area contributed by atoms with Gasteiger partial charge in [0, 0.05) is 11.3 Å². The SMILES string of the molecule is CCCCc1ccc(NC(=O)c2ccc3ncoc3c2)cc1. The molecule has 0 spiro atoms. The van der Waals surface area contributed by atoms with Gasteiger partial charge in [0.05, 0.1) is 0 Å². The highest BCUT2D eigenvalue weighted by Gasteiger charge is 2.08. The zero-order chi connectivity index (χ0) is 15.4. The van der Waals surface area contributed by atoms with Crippen LogP contribution in [0.25, 0.3) is 11.1 Å². The molecule has 0 bridgehead atoms. The molecule has 1 aromatic heterocycles. The van der Waals surface area contributed by atoms with Crippen LogP contribution in [0.15, 0.2) is 53.3 Å². The van der Waals surface area contributed by atoms with Gasteiger partial charge in [-0.15, -0.1) is 0 Å². The number of carbonyl (C=O) groups excluding carboxylic acids is 1. The van der Waals surface area contributed by atoms with Gasteiger partial charge in [0.15, 0.2) is 12.0 Å². The minimum Gasteiger partial charge on any atom is -0.443 e. The van der Waals surface area contributed by atoms with Crippen LogP contribution in [0.5, 0.6) is 0 Å². The number of carbonyl (C=O) groups is 1. The quantitative estimate of drug-likeness (QED) is 0.757. The number of hydrogen-bond acceptors (Lipinski definition) is 3. The van der Waals surface area contributed by atoms with Gasteiger partial charge in [0.25, 0.3) is 5.91 Å². The Bertz CT molecular complexity index is 775. The molecular weight excluding hydrogens is 276 g/mol. The fraction of sp³-hybridized carbons (Fsp3) is 0.222. The normalized spacial score (nSPS) is 10.8. The van der Waals surface area contributed by atoms with E-state index in [0.29, 0.717) is 11.1 Å². The second-order valence-corrected chi connectivity index (χ2v) is 5.29. The van der Waals surface area contributed by atoms with Gasteiger partial charge in [0.2, 0.25) is 0 Å². The number of amides is 1. The van der Waals surface area contributed by atoms with Crippen molar-refractivity contribution in [2.75, 3.05) is 5.32 Å². The average Bonchev–Trinajstić information content (AvgIpc) is 3.01. The molecule has 0 saturated carbocycles. The van der Waals surface area contributed by atoms with Crippen molar-refractivity contribution in [3.05, 3.63) is 60.0 Å². The molecule has 0 aliphatic rings. The predicted molar refractivity (Wildman–Crippen MR) is 87.0 cm³/mol. The van der Waals surface area contributed by atoms with Gasteiger partial charge in [-0.25, -0.2) is 4.98 Å². The third kappa shape index (κ3) is 3.17. The van der Waals surface area contributed by atoms with Gasteiger partial charge in [0.1, 0.15) is 5.52 Å². The number of benzene rings is 2. The van der Waals surface area contributed by atoms with Gasteiger partial charge < -0.3 is 9.73 Å². The van der Waals surface area contributed by atoms with Gasteiger partial charge in [-0.3, -0.25) is 4.79 Å². The topological polar surface area (TPSA) is 55.1 Å². The van der Waals surface area contributed by atoms with Crippen LogP contribution < -0.4 is 5.32 Å². The van der Waals surface area contributed by atoms with Crippen molar-refractivity contribution in [1.82, 2.24) is 4.98 Å². The smallest absolute Gasteiger partial charge is 0.255 e. The summed E-state index contributed by atoms with van der Waals surface area (Å²) in [5.41, 5.74) is 4.00. The van der Waals surface area contributed by atoms with Crippen LogP contribution in [0.3, 0.4) is 0 Å². The molecule has 1 N–H and O–H groups in total. The number of anilines is 1. The van der Waals surface area contributed by atoms with Crippen LogP contribution in [0.1, 0.15) is 35.7 Å². The summed E-state index contributed by atoms with van der Waals surface area (Å²) in [5, 5.41) is 2.90. The van der Waals surface area contributed by atoms with E-state index in [1.165, 1.54) is 24.8 Å². The maximum atomic E-state index is 12.3. The standard InChI is InChI=1S/C18H18N2O2/c1-2-3-4-13-5-8-15(9-6-13)20-18(21)14-7-10-16-17(11-14)22-12-19-16/h5-12H,2-4H2,1H3,(H,20,21). The molecule has 0 unspecified atom stereocenters. The van der Waals surface area contributed by atoms with Crippen LogP contribution in [-0.4, -0.2) is 10.9 Å². The Morgan fingerprint density at radius 1 is 1.18 bits per heavy atom. The van der Waals surface area contributed by atoms with Crippen LogP contribution >= 0.6 is 0 Å². The third-order valence-corrected chi connectivity index (χ3v) is 3.62. The zero-order valence-corrected chi connectivity index (χ0v) is 12.5. The van der Waals surface area contributed by atoms with E-state index in [9.17, 15) is 4.79 Å². The zero-order valence-electron chi connectivity index (χ0n) is 12.5. The molecular formula is C18H18N2O2. The molecule has 2 aromatic carbocycles. The molecule has 22 heavy (non-hydrogen) atoms. The molecule has 0 radical (unpaired) electrons. The minimum absolute atomic E-state index is 0.153. The lowest BCUT2D eigenvalue weighted by Gasteiger charge is -2.06. The number of oxazole rings is 1. The fourth-order valence-corrected chi connectivity index (χ4v) is 2.34. The van der Waals surface area contributed by atoms with E-state index < -0.39 is 0 Å². The molecule has 3 aromatic rings. The first kappa shape index (κ1) is 14.3. The van der Waals surface area contributed by atoms with E-state index in [0.717, 1.165) is 17.6 Å². The number of hydrogen-bond donors (Lipinski definition) is 1. The summed E-state index contributed by atoms with van der Waals surface area (Å²) >= 11 is 0. The first-order chi connectivity index (χ1) is 10.8. The minimum atomic E-state index is -0.153. The lowest BCUT2D eigenvalue weighted by molar-refractivity contribution is 0.102. The second-order valence-electron chi connectivity index (χ2n) is 5.29. The number of rotatable bonds is 5. The Kier molecular flexibility index (Phi) is 4.19.